The van der Waals surface area contributed by atoms with Crippen LogP contribution in [0.2, 0.25) is 0 Å². The van der Waals surface area contributed by atoms with E-state index in [9.17, 15) is 19.8 Å². The Morgan fingerprint density at radius 1 is 0.406 bits per heavy atom. The highest BCUT2D eigenvalue weighted by Crippen LogP contribution is 2.17. The Labute approximate surface area is 430 Å². The van der Waals surface area contributed by atoms with E-state index in [-0.39, 0.29) is 18.5 Å². The van der Waals surface area contributed by atoms with Crippen molar-refractivity contribution < 1.29 is 24.5 Å². The Bertz CT molecular complexity index is 1120. The molecule has 0 aliphatic heterocycles. The number of aliphatic hydroxyl groups excluding tert-OH is 2. The maximum absolute atomic E-state index is 12.5. The molecule has 2 unspecified atom stereocenters. The molecule has 0 heterocycles. The van der Waals surface area contributed by atoms with Gasteiger partial charge in [0.15, 0.2) is 0 Å². The monoisotopic (exact) mass is 970 g/mol. The number of allylic oxidation sites excluding steroid dienone is 6. The fourth-order valence-electron chi connectivity index (χ4n) is 9.45. The van der Waals surface area contributed by atoms with E-state index in [0.717, 1.165) is 70.6 Å². The number of unbranched alkanes of at least 4 members (excludes halogenated alkanes) is 41. The van der Waals surface area contributed by atoms with Crippen molar-refractivity contribution in [2.75, 3.05) is 13.2 Å². The van der Waals surface area contributed by atoms with Gasteiger partial charge in [-0.25, -0.2) is 0 Å². The number of aliphatic hydroxyl groups is 2. The lowest BCUT2D eigenvalue weighted by molar-refractivity contribution is -0.143. The topological polar surface area (TPSA) is 95.9 Å². The van der Waals surface area contributed by atoms with Crippen LogP contribution in [0.25, 0.3) is 0 Å². The minimum Gasteiger partial charge on any atom is -0.466 e. The summed E-state index contributed by atoms with van der Waals surface area (Å²) in [4.78, 5) is 24.5. The third kappa shape index (κ3) is 55.2. The van der Waals surface area contributed by atoms with Gasteiger partial charge in [0.2, 0.25) is 5.91 Å². The first-order valence-corrected chi connectivity index (χ1v) is 30.8. The van der Waals surface area contributed by atoms with Gasteiger partial charge in [-0.05, 0) is 83.5 Å². The van der Waals surface area contributed by atoms with Gasteiger partial charge in [-0.1, -0.05) is 269 Å². The molecule has 6 heteroatoms. The largest absolute Gasteiger partial charge is 0.466 e. The number of carbonyl (C=O) groups is 2. The van der Waals surface area contributed by atoms with Crippen molar-refractivity contribution in [1.29, 1.82) is 0 Å². The average Bonchev–Trinajstić information content (AvgIpc) is 3.35. The molecule has 0 aliphatic rings. The van der Waals surface area contributed by atoms with E-state index in [0.29, 0.717) is 25.9 Å². The number of carbonyl (C=O) groups excluding carboxylic acids is 2. The van der Waals surface area contributed by atoms with Crippen LogP contribution in [0.5, 0.6) is 0 Å². The summed E-state index contributed by atoms with van der Waals surface area (Å²) in [6.45, 7) is 4.91. The lowest BCUT2D eigenvalue weighted by atomic mass is 10.0. The fourth-order valence-corrected chi connectivity index (χ4v) is 9.45. The SMILES string of the molecule is CCCCCC/C=C\CCCCCCCC(=O)OCCCCC/C=C\C=C/CCCCCCCCCCCCC(=O)NC(CO)C(O)CCCCCCCCCCCCCCCCCCCCCC. The minimum absolute atomic E-state index is 0.0224. The molecule has 0 aromatic heterocycles. The first-order chi connectivity index (χ1) is 34.0. The van der Waals surface area contributed by atoms with Crippen molar-refractivity contribution in [3.05, 3.63) is 36.5 Å². The summed E-state index contributed by atoms with van der Waals surface area (Å²) >= 11 is 0. The fraction of sp³-hybridized carbons (Fsp3) is 0.873. The normalized spacial score (nSPS) is 12.8. The Morgan fingerprint density at radius 3 is 1.13 bits per heavy atom. The second-order valence-corrected chi connectivity index (χ2v) is 21.1. The number of nitrogens with one attached hydrogen (secondary N) is 1. The predicted molar refractivity (Wildman–Crippen MR) is 301 cm³/mol. The van der Waals surface area contributed by atoms with Crippen LogP contribution in [-0.4, -0.2) is 47.4 Å². The molecule has 1 amide bonds. The second-order valence-electron chi connectivity index (χ2n) is 21.1. The highest BCUT2D eigenvalue weighted by molar-refractivity contribution is 5.76. The summed E-state index contributed by atoms with van der Waals surface area (Å²) in [6.07, 6.45) is 72.9. The smallest absolute Gasteiger partial charge is 0.305 e. The standard InChI is InChI=1S/C63H119NO5/c1-3-5-7-9-11-13-15-17-18-19-20-22-25-28-32-35-39-43-47-51-55-61(66)60(59-65)64-62(67)56-52-48-44-40-36-33-29-26-23-21-24-27-30-34-38-42-46-50-54-58-69-63(68)57-53-49-45-41-37-31-16-14-12-10-8-6-4-2/h14,16,27,30,34,38,60-61,65-66H,3-13,15,17-26,28-29,31-33,35-37,39-59H2,1-2H3,(H,64,67)/b16-14-,30-27-,38-34-. The molecule has 0 aliphatic carbocycles. The average molecular weight is 971 g/mol. The summed E-state index contributed by atoms with van der Waals surface area (Å²) in [6, 6.07) is -0.550. The number of rotatable bonds is 57. The van der Waals surface area contributed by atoms with Crippen molar-refractivity contribution in [2.45, 2.75) is 341 Å². The van der Waals surface area contributed by atoms with E-state index in [1.165, 1.54) is 225 Å². The van der Waals surface area contributed by atoms with E-state index in [1.54, 1.807) is 0 Å². The molecule has 2 atom stereocenters. The van der Waals surface area contributed by atoms with Crippen LogP contribution in [0, 0.1) is 0 Å². The molecular formula is C63H119NO5. The zero-order valence-corrected chi connectivity index (χ0v) is 46.3. The van der Waals surface area contributed by atoms with Crippen LogP contribution in [0.4, 0.5) is 0 Å². The number of ether oxygens (including phenoxy) is 1. The first kappa shape index (κ1) is 67.1. The molecule has 0 saturated heterocycles. The summed E-state index contributed by atoms with van der Waals surface area (Å²) in [5.41, 5.74) is 0. The van der Waals surface area contributed by atoms with E-state index >= 15 is 0 Å². The Balaban J connectivity index is 3.48. The van der Waals surface area contributed by atoms with E-state index < -0.39 is 12.1 Å². The number of amides is 1. The van der Waals surface area contributed by atoms with Crippen molar-refractivity contribution in [3.63, 3.8) is 0 Å². The van der Waals surface area contributed by atoms with Crippen LogP contribution in [0.3, 0.4) is 0 Å². The maximum atomic E-state index is 12.5. The van der Waals surface area contributed by atoms with Gasteiger partial charge in [-0.15, -0.1) is 0 Å². The quantitative estimate of drug-likeness (QED) is 0.0244. The molecule has 69 heavy (non-hydrogen) atoms. The van der Waals surface area contributed by atoms with E-state index in [4.69, 9.17) is 4.74 Å². The molecule has 406 valence electrons. The summed E-state index contributed by atoms with van der Waals surface area (Å²) in [7, 11) is 0. The van der Waals surface area contributed by atoms with Gasteiger partial charge in [-0.2, -0.15) is 0 Å². The Kier molecular flexibility index (Phi) is 57.0. The molecule has 3 N–H and O–H groups in total. The highest BCUT2D eigenvalue weighted by atomic mass is 16.5. The number of esters is 1. The van der Waals surface area contributed by atoms with Gasteiger partial charge in [0.1, 0.15) is 0 Å². The summed E-state index contributed by atoms with van der Waals surface area (Å²) in [5, 5.41) is 23.4. The molecule has 6 nitrogen and oxygen atoms in total. The van der Waals surface area contributed by atoms with Crippen LogP contribution in [0.1, 0.15) is 328 Å². The highest BCUT2D eigenvalue weighted by Gasteiger charge is 2.20. The molecule has 0 saturated carbocycles. The van der Waals surface area contributed by atoms with Gasteiger partial charge in [0.25, 0.3) is 0 Å². The van der Waals surface area contributed by atoms with Crippen molar-refractivity contribution in [1.82, 2.24) is 5.32 Å². The number of hydrogen-bond acceptors (Lipinski definition) is 5. The third-order valence-corrected chi connectivity index (χ3v) is 14.2. The van der Waals surface area contributed by atoms with Gasteiger partial charge in [-0.3, -0.25) is 9.59 Å². The van der Waals surface area contributed by atoms with Gasteiger partial charge in [0, 0.05) is 12.8 Å². The number of hydrogen-bond donors (Lipinski definition) is 3. The van der Waals surface area contributed by atoms with Gasteiger partial charge >= 0.3 is 5.97 Å². The molecule has 0 rings (SSSR count). The third-order valence-electron chi connectivity index (χ3n) is 14.2. The first-order valence-electron chi connectivity index (χ1n) is 30.8. The van der Waals surface area contributed by atoms with E-state index in [2.05, 4.69) is 55.6 Å². The van der Waals surface area contributed by atoms with Crippen LogP contribution in [0.15, 0.2) is 36.5 Å². The van der Waals surface area contributed by atoms with Crippen molar-refractivity contribution in [2.24, 2.45) is 0 Å². The van der Waals surface area contributed by atoms with E-state index in [1.807, 2.05) is 0 Å². The molecule has 0 fully saturated rings. The Hall–Kier alpha value is -1.92. The molecule has 0 radical (unpaired) electrons. The lowest BCUT2D eigenvalue weighted by Crippen LogP contribution is -2.45. The zero-order chi connectivity index (χ0) is 50.0. The molecule has 0 spiro atoms. The molecular weight excluding hydrogens is 851 g/mol. The van der Waals surface area contributed by atoms with Crippen LogP contribution in [-0.2, 0) is 14.3 Å². The molecule has 0 aromatic carbocycles. The van der Waals surface area contributed by atoms with Crippen molar-refractivity contribution >= 4 is 11.9 Å². The van der Waals surface area contributed by atoms with Crippen LogP contribution < -0.4 is 5.32 Å². The second kappa shape index (κ2) is 58.6. The van der Waals surface area contributed by atoms with Crippen molar-refractivity contribution in [3.8, 4) is 0 Å². The minimum atomic E-state index is -0.672. The predicted octanol–water partition coefficient (Wildman–Crippen LogP) is 19.2. The van der Waals surface area contributed by atoms with Gasteiger partial charge in [0.05, 0.1) is 25.4 Å². The van der Waals surface area contributed by atoms with Gasteiger partial charge < -0.3 is 20.3 Å². The summed E-state index contributed by atoms with van der Waals surface area (Å²) in [5.74, 6) is -0.0650. The lowest BCUT2D eigenvalue weighted by Gasteiger charge is -2.22. The maximum Gasteiger partial charge on any atom is 0.305 e. The van der Waals surface area contributed by atoms with Crippen LogP contribution >= 0.6 is 0 Å². The zero-order valence-electron chi connectivity index (χ0n) is 46.3. The Morgan fingerprint density at radius 2 is 0.725 bits per heavy atom. The summed E-state index contributed by atoms with van der Waals surface area (Å²) < 4.78 is 5.44. The molecule has 0 aromatic rings. The molecule has 0 bridgehead atoms.